The van der Waals surface area contributed by atoms with Crippen molar-refractivity contribution in [2.75, 3.05) is 23.8 Å². The predicted molar refractivity (Wildman–Crippen MR) is 99.7 cm³/mol. The molecule has 0 aliphatic carbocycles. The summed E-state index contributed by atoms with van der Waals surface area (Å²) < 4.78 is 17.2. The number of urea groups is 1. The van der Waals surface area contributed by atoms with Gasteiger partial charge in [0.25, 0.3) is 0 Å². The van der Waals surface area contributed by atoms with Gasteiger partial charge in [0.05, 0.1) is 30.7 Å². The lowest BCUT2D eigenvalue weighted by molar-refractivity contribution is 0.243. The molecule has 0 aromatic heterocycles. The van der Waals surface area contributed by atoms with Crippen LogP contribution in [0.4, 0.5) is 16.2 Å². The van der Waals surface area contributed by atoms with E-state index in [2.05, 4.69) is 10.6 Å². The SMILES string of the molecule is CC(C)Oc1ccccc1NC(=O)Nc1c2c(cc3c1OCC3)OCC2. The molecule has 0 unspecified atom stereocenters. The first kappa shape index (κ1) is 16.6. The van der Waals surface area contributed by atoms with Crippen LogP contribution in [-0.2, 0) is 12.8 Å². The summed E-state index contributed by atoms with van der Waals surface area (Å²) in [6.07, 6.45) is 1.61. The van der Waals surface area contributed by atoms with Gasteiger partial charge in [-0.15, -0.1) is 0 Å². The van der Waals surface area contributed by atoms with Crippen LogP contribution in [0.5, 0.6) is 17.2 Å². The molecule has 2 aromatic carbocycles. The number of rotatable bonds is 4. The Morgan fingerprint density at radius 2 is 1.92 bits per heavy atom. The van der Waals surface area contributed by atoms with Crippen molar-refractivity contribution in [3.05, 3.63) is 41.5 Å². The van der Waals surface area contributed by atoms with E-state index in [9.17, 15) is 4.79 Å². The highest BCUT2D eigenvalue weighted by atomic mass is 16.5. The number of hydrogen-bond donors (Lipinski definition) is 2. The number of para-hydroxylation sites is 2. The van der Waals surface area contributed by atoms with E-state index in [-0.39, 0.29) is 12.1 Å². The fourth-order valence-electron chi connectivity index (χ4n) is 3.31. The Balaban J connectivity index is 1.57. The molecule has 4 rings (SSSR count). The minimum Gasteiger partial charge on any atom is -0.493 e. The Morgan fingerprint density at radius 1 is 1.12 bits per heavy atom. The van der Waals surface area contributed by atoms with Gasteiger partial charge in [-0.3, -0.25) is 0 Å². The molecule has 0 radical (unpaired) electrons. The molecule has 6 nitrogen and oxygen atoms in total. The third kappa shape index (κ3) is 3.14. The Morgan fingerprint density at radius 3 is 2.77 bits per heavy atom. The zero-order valence-corrected chi connectivity index (χ0v) is 14.9. The minimum absolute atomic E-state index is 0.0206. The molecule has 0 atom stereocenters. The van der Waals surface area contributed by atoms with Gasteiger partial charge in [-0.05, 0) is 32.0 Å². The highest BCUT2D eigenvalue weighted by molar-refractivity contribution is 6.02. The zero-order chi connectivity index (χ0) is 18.1. The molecule has 0 fully saturated rings. The highest BCUT2D eigenvalue weighted by Crippen LogP contribution is 2.44. The van der Waals surface area contributed by atoms with Crippen LogP contribution in [0.15, 0.2) is 30.3 Å². The fraction of sp³-hybridized carbons (Fsp3) is 0.350. The molecule has 6 heteroatoms. The van der Waals surface area contributed by atoms with Crippen LogP contribution in [0, 0.1) is 0 Å². The molecule has 2 aliphatic rings. The number of anilines is 2. The van der Waals surface area contributed by atoms with Crippen LogP contribution >= 0.6 is 0 Å². The summed E-state index contributed by atoms with van der Waals surface area (Å²) >= 11 is 0. The Bertz CT molecular complexity index is 816. The molecule has 2 amide bonds. The summed E-state index contributed by atoms with van der Waals surface area (Å²) in [6, 6.07) is 9.09. The van der Waals surface area contributed by atoms with Crippen molar-refractivity contribution < 1.29 is 19.0 Å². The van der Waals surface area contributed by atoms with E-state index in [0.29, 0.717) is 30.3 Å². The second-order valence-corrected chi connectivity index (χ2v) is 6.66. The lowest BCUT2D eigenvalue weighted by atomic mass is 10.0. The summed E-state index contributed by atoms with van der Waals surface area (Å²) in [5, 5.41) is 5.84. The average molecular weight is 354 g/mol. The van der Waals surface area contributed by atoms with E-state index >= 15 is 0 Å². The summed E-state index contributed by atoms with van der Waals surface area (Å²) in [7, 11) is 0. The van der Waals surface area contributed by atoms with Crippen LogP contribution in [0.1, 0.15) is 25.0 Å². The summed E-state index contributed by atoms with van der Waals surface area (Å²) in [4.78, 5) is 12.6. The molecular formula is C20H22N2O4. The van der Waals surface area contributed by atoms with E-state index in [0.717, 1.165) is 35.5 Å². The number of amides is 2. The molecule has 2 heterocycles. The largest absolute Gasteiger partial charge is 0.493 e. The van der Waals surface area contributed by atoms with E-state index in [4.69, 9.17) is 14.2 Å². The van der Waals surface area contributed by atoms with Gasteiger partial charge >= 0.3 is 6.03 Å². The van der Waals surface area contributed by atoms with Crippen LogP contribution < -0.4 is 24.8 Å². The molecule has 2 N–H and O–H groups in total. The molecule has 2 aromatic rings. The van der Waals surface area contributed by atoms with Crippen molar-refractivity contribution >= 4 is 17.4 Å². The Labute approximate surface area is 152 Å². The summed E-state index contributed by atoms with van der Waals surface area (Å²) in [6.45, 7) is 5.15. The third-order valence-corrected chi connectivity index (χ3v) is 4.39. The van der Waals surface area contributed by atoms with Gasteiger partial charge < -0.3 is 24.8 Å². The maximum absolute atomic E-state index is 12.6. The van der Waals surface area contributed by atoms with Gasteiger partial charge in [0, 0.05) is 24.0 Å². The minimum atomic E-state index is -0.331. The van der Waals surface area contributed by atoms with E-state index in [1.807, 2.05) is 44.2 Å². The number of ether oxygens (including phenoxy) is 3. The van der Waals surface area contributed by atoms with Crippen molar-refractivity contribution in [2.24, 2.45) is 0 Å². The number of benzene rings is 2. The first-order chi connectivity index (χ1) is 12.6. The molecule has 0 spiro atoms. The van der Waals surface area contributed by atoms with Gasteiger partial charge in [0.15, 0.2) is 0 Å². The molecule has 26 heavy (non-hydrogen) atoms. The zero-order valence-electron chi connectivity index (χ0n) is 14.9. The maximum atomic E-state index is 12.6. The number of fused-ring (bicyclic) bond motifs is 2. The van der Waals surface area contributed by atoms with Crippen LogP contribution in [0.2, 0.25) is 0 Å². The molecule has 0 saturated heterocycles. The van der Waals surface area contributed by atoms with Crippen molar-refractivity contribution in [2.45, 2.75) is 32.8 Å². The van der Waals surface area contributed by atoms with Crippen molar-refractivity contribution in [1.82, 2.24) is 0 Å². The number of carbonyl (C=O) groups excluding carboxylic acids is 1. The topological polar surface area (TPSA) is 68.8 Å². The third-order valence-electron chi connectivity index (χ3n) is 4.39. The van der Waals surface area contributed by atoms with Crippen molar-refractivity contribution in [3.8, 4) is 17.2 Å². The molecule has 136 valence electrons. The first-order valence-corrected chi connectivity index (χ1v) is 8.90. The Hall–Kier alpha value is -2.89. The average Bonchev–Trinajstić information content (AvgIpc) is 3.25. The molecule has 0 saturated carbocycles. The van der Waals surface area contributed by atoms with E-state index in [1.165, 1.54) is 0 Å². The van der Waals surface area contributed by atoms with E-state index < -0.39 is 0 Å². The lowest BCUT2D eigenvalue weighted by Crippen LogP contribution is -2.21. The van der Waals surface area contributed by atoms with Crippen LogP contribution in [-0.4, -0.2) is 25.3 Å². The maximum Gasteiger partial charge on any atom is 0.323 e. The second-order valence-electron chi connectivity index (χ2n) is 6.66. The van der Waals surface area contributed by atoms with Gasteiger partial charge in [0.2, 0.25) is 0 Å². The smallest absolute Gasteiger partial charge is 0.323 e. The predicted octanol–water partition coefficient (Wildman–Crippen LogP) is 3.99. The number of carbonyl (C=O) groups is 1. The molecule has 2 aliphatic heterocycles. The van der Waals surface area contributed by atoms with Gasteiger partial charge in [-0.1, -0.05) is 12.1 Å². The van der Waals surface area contributed by atoms with Gasteiger partial charge in [0.1, 0.15) is 17.2 Å². The molecule has 0 bridgehead atoms. The lowest BCUT2D eigenvalue weighted by Gasteiger charge is -2.17. The highest BCUT2D eigenvalue weighted by Gasteiger charge is 2.27. The Kier molecular flexibility index (Phi) is 4.32. The van der Waals surface area contributed by atoms with Gasteiger partial charge in [-0.2, -0.15) is 0 Å². The standard InChI is InChI=1S/C20H22N2O4/c1-12(2)26-16-6-4-3-5-15(16)21-20(23)22-18-14-8-10-24-17(14)11-13-7-9-25-19(13)18/h3-6,11-12H,7-10H2,1-2H3,(H2,21,22,23). The van der Waals surface area contributed by atoms with E-state index in [1.54, 1.807) is 0 Å². The fourth-order valence-corrected chi connectivity index (χ4v) is 3.31. The number of nitrogens with one attached hydrogen (secondary N) is 2. The van der Waals surface area contributed by atoms with Crippen molar-refractivity contribution in [1.29, 1.82) is 0 Å². The first-order valence-electron chi connectivity index (χ1n) is 8.90. The summed E-state index contributed by atoms with van der Waals surface area (Å²) in [5.41, 5.74) is 3.41. The quantitative estimate of drug-likeness (QED) is 0.871. The van der Waals surface area contributed by atoms with Crippen LogP contribution in [0.25, 0.3) is 0 Å². The van der Waals surface area contributed by atoms with Crippen molar-refractivity contribution in [3.63, 3.8) is 0 Å². The van der Waals surface area contributed by atoms with Crippen LogP contribution in [0.3, 0.4) is 0 Å². The van der Waals surface area contributed by atoms with Gasteiger partial charge in [-0.25, -0.2) is 4.79 Å². The monoisotopic (exact) mass is 354 g/mol. The molecular weight excluding hydrogens is 332 g/mol. The second kappa shape index (κ2) is 6.78. The normalized spacial score (nSPS) is 14.3. The summed E-state index contributed by atoms with van der Waals surface area (Å²) in [5.74, 6) is 2.24. The number of hydrogen-bond acceptors (Lipinski definition) is 4.